The minimum Gasteiger partial charge on any atom is -0.544 e. The number of rotatable bonds is 7. The van der Waals surface area contributed by atoms with E-state index in [0.717, 1.165) is 0 Å². The molecule has 0 bridgehead atoms. The molecule has 0 saturated carbocycles. The number of quaternary nitrogens is 1. The zero-order valence-electron chi connectivity index (χ0n) is 12.5. The molecule has 0 unspecified atom stereocenters. The lowest BCUT2D eigenvalue weighted by Gasteiger charge is -2.16. The van der Waals surface area contributed by atoms with Crippen LogP contribution < -0.4 is 15.7 Å². The molecule has 0 aliphatic heterocycles. The fraction of sp³-hybridized carbons (Fsp3) is 0.188. The Labute approximate surface area is 148 Å². The van der Waals surface area contributed by atoms with Gasteiger partial charge in [-0.25, -0.2) is 0 Å². The standard InChI is InChI=1S/C16H15Cl2N3O3/c17-10-4-5-12(18)13(7-10)21-15(22)8-14(16(23)24)20-9-11-3-1-2-6-19-11/h1-7,14,20H,8-9H2,(H,21,22)(H,23,24)/t14-/m0/s1. The van der Waals surface area contributed by atoms with Gasteiger partial charge in [-0.1, -0.05) is 29.3 Å². The van der Waals surface area contributed by atoms with Crippen LogP contribution in [0.25, 0.3) is 0 Å². The summed E-state index contributed by atoms with van der Waals surface area (Å²) in [4.78, 5) is 27.4. The number of nitrogens with zero attached hydrogens (tertiary/aromatic N) is 1. The average Bonchev–Trinajstić information content (AvgIpc) is 2.55. The molecule has 0 aliphatic rings. The number of carboxylic acids is 1. The van der Waals surface area contributed by atoms with Crippen molar-refractivity contribution >= 4 is 40.8 Å². The van der Waals surface area contributed by atoms with Crippen molar-refractivity contribution < 1.29 is 20.0 Å². The first kappa shape index (κ1) is 18.2. The van der Waals surface area contributed by atoms with E-state index in [2.05, 4.69) is 10.3 Å². The maximum atomic E-state index is 12.1. The van der Waals surface area contributed by atoms with Crippen LogP contribution in [0.4, 0.5) is 5.69 Å². The number of hydrogen-bond donors (Lipinski definition) is 2. The molecular weight excluding hydrogens is 353 g/mol. The number of anilines is 1. The van der Waals surface area contributed by atoms with E-state index < -0.39 is 17.9 Å². The van der Waals surface area contributed by atoms with Crippen LogP contribution in [0.15, 0.2) is 42.6 Å². The van der Waals surface area contributed by atoms with Crippen LogP contribution in [0.5, 0.6) is 0 Å². The van der Waals surface area contributed by atoms with Crippen LogP contribution in [0, 0.1) is 0 Å². The van der Waals surface area contributed by atoms with Crippen LogP contribution in [-0.4, -0.2) is 22.9 Å². The number of nitrogens with two attached hydrogens (primary N) is 1. The molecule has 0 radical (unpaired) electrons. The van der Waals surface area contributed by atoms with Gasteiger partial charge < -0.3 is 20.5 Å². The summed E-state index contributed by atoms with van der Waals surface area (Å²) >= 11 is 11.8. The summed E-state index contributed by atoms with van der Waals surface area (Å²) in [6, 6.07) is 8.93. The van der Waals surface area contributed by atoms with Gasteiger partial charge in [0.1, 0.15) is 12.6 Å². The number of nitrogens with one attached hydrogen (secondary N) is 1. The van der Waals surface area contributed by atoms with Crippen molar-refractivity contribution in [1.82, 2.24) is 4.98 Å². The molecule has 0 saturated heterocycles. The molecule has 2 aromatic rings. The van der Waals surface area contributed by atoms with Gasteiger partial charge in [0.05, 0.1) is 28.8 Å². The van der Waals surface area contributed by atoms with E-state index in [-0.39, 0.29) is 6.42 Å². The number of aromatic nitrogens is 1. The quantitative estimate of drug-likeness (QED) is 0.748. The molecule has 126 valence electrons. The highest BCUT2D eigenvalue weighted by Gasteiger charge is 2.19. The molecule has 0 aliphatic carbocycles. The summed E-state index contributed by atoms with van der Waals surface area (Å²) in [6.07, 6.45) is 1.35. The van der Waals surface area contributed by atoms with E-state index in [1.165, 1.54) is 11.4 Å². The van der Waals surface area contributed by atoms with Crippen LogP contribution >= 0.6 is 23.2 Å². The maximum Gasteiger partial charge on any atom is 0.230 e. The third kappa shape index (κ3) is 5.49. The Balaban J connectivity index is 1.95. The number of halogens is 2. The second kappa shape index (κ2) is 8.63. The minimum absolute atomic E-state index is 0.266. The molecule has 8 heteroatoms. The molecule has 0 fully saturated rings. The van der Waals surface area contributed by atoms with Gasteiger partial charge in [-0.15, -0.1) is 0 Å². The number of carbonyl (C=O) groups is 2. The molecule has 24 heavy (non-hydrogen) atoms. The van der Waals surface area contributed by atoms with Crippen LogP contribution in [0.2, 0.25) is 10.0 Å². The molecular formula is C16H15Cl2N3O3. The van der Waals surface area contributed by atoms with E-state index in [1.807, 2.05) is 0 Å². The lowest BCUT2D eigenvalue weighted by molar-refractivity contribution is -0.697. The van der Waals surface area contributed by atoms with E-state index in [1.54, 1.807) is 36.5 Å². The molecule has 1 atom stereocenters. The predicted molar refractivity (Wildman–Crippen MR) is 88.4 cm³/mol. The topological polar surface area (TPSA) is 98.7 Å². The van der Waals surface area contributed by atoms with Crippen molar-refractivity contribution in [1.29, 1.82) is 0 Å². The van der Waals surface area contributed by atoms with Crippen molar-refractivity contribution in [2.45, 2.75) is 19.0 Å². The first-order valence-electron chi connectivity index (χ1n) is 7.14. The number of carboxylic acid groups (broad SMARTS) is 1. The number of amides is 1. The van der Waals surface area contributed by atoms with Crippen molar-refractivity contribution in [2.75, 3.05) is 5.32 Å². The van der Waals surface area contributed by atoms with Gasteiger partial charge in [-0.3, -0.25) is 9.78 Å². The molecule has 1 aromatic carbocycles. The number of carbonyl (C=O) groups excluding carboxylic acids is 2. The van der Waals surface area contributed by atoms with Crippen molar-refractivity contribution in [3.05, 3.63) is 58.3 Å². The second-order valence-corrected chi connectivity index (χ2v) is 5.91. The summed E-state index contributed by atoms with van der Waals surface area (Å²) in [5.41, 5.74) is 1.04. The number of benzene rings is 1. The molecule has 1 amide bonds. The number of hydrogen-bond acceptors (Lipinski definition) is 4. The highest BCUT2D eigenvalue weighted by Crippen LogP contribution is 2.25. The van der Waals surface area contributed by atoms with Gasteiger partial charge in [-0.05, 0) is 30.3 Å². The number of aliphatic carboxylic acids is 1. The van der Waals surface area contributed by atoms with Gasteiger partial charge in [0.15, 0.2) is 0 Å². The van der Waals surface area contributed by atoms with Crippen LogP contribution in [-0.2, 0) is 16.1 Å². The van der Waals surface area contributed by atoms with Gasteiger partial charge >= 0.3 is 0 Å². The van der Waals surface area contributed by atoms with Crippen LogP contribution in [0.1, 0.15) is 12.1 Å². The zero-order valence-corrected chi connectivity index (χ0v) is 14.1. The van der Waals surface area contributed by atoms with Crippen molar-refractivity contribution in [2.24, 2.45) is 0 Å². The van der Waals surface area contributed by atoms with E-state index >= 15 is 0 Å². The van der Waals surface area contributed by atoms with Gasteiger partial charge in [0.25, 0.3) is 0 Å². The fourth-order valence-corrected chi connectivity index (χ4v) is 2.38. The summed E-state index contributed by atoms with van der Waals surface area (Å²) in [5.74, 6) is -1.82. The first-order valence-corrected chi connectivity index (χ1v) is 7.90. The normalized spacial score (nSPS) is 11.8. The van der Waals surface area contributed by atoms with E-state index in [4.69, 9.17) is 23.2 Å². The van der Waals surface area contributed by atoms with Crippen molar-refractivity contribution in [3.8, 4) is 0 Å². The van der Waals surface area contributed by atoms with Crippen LogP contribution in [0.3, 0.4) is 0 Å². The Bertz CT molecular complexity index is 726. The lowest BCUT2D eigenvalue weighted by atomic mass is 10.2. The summed E-state index contributed by atoms with van der Waals surface area (Å²) in [6.45, 7) is 0.324. The molecule has 6 nitrogen and oxygen atoms in total. The summed E-state index contributed by atoms with van der Waals surface area (Å²) in [7, 11) is 0. The van der Waals surface area contributed by atoms with E-state index in [0.29, 0.717) is 28.0 Å². The minimum atomic E-state index is -1.32. The van der Waals surface area contributed by atoms with E-state index in [9.17, 15) is 14.7 Å². The Morgan fingerprint density at radius 3 is 2.71 bits per heavy atom. The maximum absolute atomic E-state index is 12.1. The number of pyridine rings is 1. The SMILES string of the molecule is O=C(C[C@H]([NH2+]Cc1ccccn1)C(=O)[O-])Nc1cc(Cl)ccc1Cl. The Morgan fingerprint density at radius 2 is 2.04 bits per heavy atom. The monoisotopic (exact) mass is 367 g/mol. The second-order valence-electron chi connectivity index (χ2n) is 5.06. The average molecular weight is 368 g/mol. The summed E-state index contributed by atoms with van der Waals surface area (Å²) in [5, 5.41) is 16.0. The Morgan fingerprint density at radius 1 is 1.25 bits per heavy atom. The Hall–Kier alpha value is -2.15. The van der Waals surface area contributed by atoms with Gasteiger partial charge in [-0.2, -0.15) is 0 Å². The molecule has 3 N–H and O–H groups in total. The predicted octanol–water partition coefficient (Wildman–Crippen LogP) is 0.599. The van der Waals surface area contributed by atoms with Gasteiger partial charge in [0.2, 0.25) is 5.91 Å². The largest absolute Gasteiger partial charge is 0.544 e. The zero-order chi connectivity index (χ0) is 17.5. The third-order valence-corrected chi connectivity index (χ3v) is 3.81. The lowest BCUT2D eigenvalue weighted by Crippen LogP contribution is -2.92. The first-order chi connectivity index (χ1) is 11.5. The molecule has 1 heterocycles. The molecule has 0 spiro atoms. The smallest absolute Gasteiger partial charge is 0.230 e. The fourth-order valence-electron chi connectivity index (χ4n) is 2.04. The highest BCUT2D eigenvalue weighted by molar-refractivity contribution is 6.35. The van der Waals surface area contributed by atoms with Gasteiger partial charge in [0, 0.05) is 11.2 Å². The molecule has 2 rings (SSSR count). The van der Waals surface area contributed by atoms with Crippen molar-refractivity contribution in [3.63, 3.8) is 0 Å². The summed E-state index contributed by atoms with van der Waals surface area (Å²) < 4.78 is 0. The Kier molecular flexibility index (Phi) is 6.54. The third-order valence-electron chi connectivity index (χ3n) is 3.25. The molecule has 1 aromatic heterocycles. The highest BCUT2D eigenvalue weighted by atomic mass is 35.5.